The predicted molar refractivity (Wildman–Crippen MR) is 86.8 cm³/mol. The van der Waals surface area contributed by atoms with Gasteiger partial charge in [0.2, 0.25) is 5.91 Å². The molecular formula is C18H17FN2O2. The summed E-state index contributed by atoms with van der Waals surface area (Å²) in [6, 6.07) is 10.7. The summed E-state index contributed by atoms with van der Waals surface area (Å²) in [4.78, 5) is 26.1. The summed E-state index contributed by atoms with van der Waals surface area (Å²) in [7, 11) is 0. The number of rotatable bonds is 3. The standard InChI is InChI=1S/C18H17FN2O2/c1-11-5-3-8-16(12(11)2)21-17(22)10-15(18(21)23)20-14-7-4-6-13(19)9-14/h3-9,15,20H,10H2,1-2H3/t15-/m1/s1. The highest BCUT2D eigenvalue weighted by Crippen LogP contribution is 2.29. The number of nitrogens with zero attached hydrogens (tertiary/aromatic N) is 1. The van der Waals surface area contributed by atoms with E-state index in [0.29, 0.717) is 11.4 Å². The summed E-state index contributed by atoms with van der Waals surface area (Å²) in [6.45, 7) is 3.82. The van der Waals surface area contributed by atoms with E-state index in [1.807, 2.05) is 26.0 Å². The molecule has 23 heavy (non-hydrogen) atoms. The van der Waals surface area contributed by atoms with Crippen LogP contribution >= 0.6 is 0 Å². The minimum absolute atomic E-state index is 0.0583. The number of imide groups is 1. The van der Waals surface area contributed by atoms with Crippen molar-refractivity contribution < 1.29 is 14.0 Å². The topological polar surface area (TPSA) is 49.4 Å². The third-order valence-corrected chi connectivity index (χ3v) is 4.13. The molecular weight excluding hydrogens is 295 g/mol. The van der Waals surface area contributed by atoms with Gasteiger partial charge in [-0.05, 0) is 49.2 Å². The Hall–Kier alpha value is -2.69. The molecule has 1 saturated heterocycles. The Labute approximate surface area is 133 Å². The Morgan fingerprint density at radius 2 is 1.87 bits per heavy atom. The Bertz CT molecular complexity index is 788. The van der Waals surface area contributed by atoms with Crippen LogP contribution in [0.25, 0.3) is 0 Å². The minimum Gasteiger partial charge on any atom is -0.373 e. The van der Waals surface area contributed by atoms with Gasteiger partial charge in [-0.15, -0.1) is 0 Å². The second kappa shape index (κ2) is 5.83. The SMILES string of the molecule is Cc1cccc(N2C(=O)C[C@@H](Nc3cccc(F)c3)C2=O)c1C. The van der Waals surface area contributed by atoms with Crippen molar-refractivity contribution in [2.24, 2.45) is 0 Å². The van der Waals surface area contributed by atoms with Gasteiger partial charge in [-0.1, -0.05) is 18.2 Å². The van der Waals surface area contributed by atoms with Gasteiger partial charge < -0.3 is 5.32 Å². The van der Waals surface area contributed by atoms with E-state index >= 15 is 0 Å². The smallest absolute Gasteiger partial charge is 0.256 e. The lowest BCUT2D eigenvalue weighted by Gasteiger charge is -2.19. The molecule has 3 rings (SSSR count). The number of hydrogen-bond donors (Lipinski definition) is 1. The van der Waals surface area contributed by atoms with Gasteiger partial charge in [0, 0.05) is 5.69 Å². The molecule has 0 bridgehead atoms. The monoisotopic (exact) mass is 312 g/mol. The molecule has 2 aromatic rings. The first-order chi connectivity index (χ1) is 11.0. The van der Waals surface area contributed by atoms with Crippen LogP contribution in [-0.4, -0.2) is 17.9 Å². The molecule has 1 atom stereocenters. The van der Waals surface area contributed by atoms with Crippen LogP contribution in [-0.2, 0) is 9.59 Å². The van der Waals surface area contributed by atoms with Crippen LogP contribution in [0.5, 0.6) is 0 Å². The molecule has 0 aliphatic carbocycles. The maximum atomic E-state index is 13.3. The maximum Gasteiger partial charge on any atom is 0.256 e. The molecule has 2 amide bonds. The van der Waals surface area contributed by atoms with Crippen LogP contribution in [0.1, 0.15) is 17.5 Å². The summed E-state index contributed by atoms with van der Waals surface area (Å²) >= 11 is 0. The molecule has 0 aromatic heterocycles. The van der Waals surface area contributed by atoms with E-state index in [1.54, 1.807) is 18.2 Å². The van der Waals surface area contributed by atoms with Gasteiger partial charge in [0.25, 0.3) is 5.91 Å². The van der Waals surface area contributed by atoms with Crippen molar-refractivity contribution in [1.82, 2.24) is 0 Å². The van der Waals surface area contributed by atoms with Crippen molar-refractivity contribution in [3.63, 3.8) is 0 Å². The summed E-state index contributed by atoms with van der Waals surface area (Å²) in [5.41, 5.74) is 3.02. The average molecular weight is 312 g/mol. The Morgan fingerprint density at radius 3 is 2.61 bits per heavy atom. The Kier molecular flexibility index (Phi) is 3.86. The van der Waals surface area contributed by atoms with Crippen LogP contribution in [0, 0.1) is 19.7 Å². The number of carbonyl (C=O) groups is 2. The van der Waals surface area contributed by atoms with Gasteiger partial charge in [-0.25, -0.2) is 9.29 Å². The zero-order valence-electron chi connectivity index (χ0n) is 13.0. The van der Waals surface area contributed by atoms with E-state index in [0.717, 1.165) is 11.1 Å². The molecule has 4 nitrogen and oxygen atoms in total. The van der Waals surface area contributed by atoms with Gasteiger partial charge in [0.15, 0.2) is 0 Å². The average Bonchev–Trinajstić information content (AvgIpc) is 2.77. The highest BCUT2D eigenvalue weighted by atomic mass is 19.1. The summed E-state index contributed by atoms with van der Waals surface area (Å²) in [6.07, 6.45) is 0.0583. The van der Waals surface area contributed by atoms with Crippen molar-refractivity contribution in [2.45, 2.75) is 26.3 Å². The van der Waals surface area contributed by atoms with Crippen molar-refractivity contribution in [3.05, 3.63) is 59.4 Å². The quantitative estimate of drug-likeness (QED) is 0.886. The van der Waals surface area contributed by atoms with Crippen LogP contribution < -0.4 is 10.2 Å². The first-order valence-corrected chi connectivity index (χ1v) is 7.42. The molecule has 1 aliphatic heterocycles. The Balaban J connectivity index is 1.87. The van der Waals surface area contributed by atoms with E-state index in [9.17, 15) is 14.0 Å². The van der Waals surface area contributed by atoms with Crippen molar-refractivity contribution in [2.75, 3.05) is 10.2 Å². The fourth-order valence-corrected chi connectivity index (χ4v) is 2.76. The van der Waals surface area contributed by atoms with E-state index < -0.39 is 11.9 Å². The first kappa shape index (κ1) is 15.2. The van der Waals surface area contributed by atoms with Crippen LogP contribution in [0.15, 0.2) is 42.5 Å². The number of hydrogen-bond acceptors (Lipinski definition) is 3. The van der Waals surface area contributed by atoms with Gasteiger partial charge >= 0.3 is 0 Å². The molecule has 5 heteroatoms. The van der Waals surface area contributed by atoms with Gasteiger partial charge in [-0.2, -0.15) is 0 Å². The van der Waals surface area contributed by atoms with Crippen molar-refractivity contribution in [3.8, 4) is 0 Å². The zero-order valence-corrected chi connectivity index (χ0v) is 13.0. The highest BCUT2D eigenvalue weighted by Gasteiger charge is 2.40. The molecule has 0 spiro atoms. The molecule has 1 heterocycles. The molecule has 1 fully saturated rings. The van der Waals surface area contributed by atoms with Crippen LogP contribution in [0.4, 0.5) is 15.8 Å². The minimum atomic E-state index is -0.677. The molecule has 1 N–H and O–H groups in total. The normalized spacial score (nSPS) is 17.7. The van der Waals surface area contributed by atoms with Gasteiger partial charge in [0.1, 0.15) is 11.9 Å². The number of amides is 2. The van der Waals surface area contributed by atoms with Crippen LogP contribution in [0.2, 0.25) is 0 Å². The third kappa shape index (κ3) is 2.82. The number of anilines is 2. The maximum absolute atomic E-state index is 13.3. The lowest BCUT2D eigenvalue weighted by molar-refractivity contribution is -0.121. The van der Waals surface area contributed by atoms with E-state index in [1.165, 1.54) is 17.0 Å². The number of benzene rings is 2. The largest absolute Gasteiger partial charge is 0.373 e. The number of aryl methyl sites for hydroxylation is 1. The Morgan fingerprint density at radius 1 is 1.13 bits per heavy atom. The first-order valence-electron chi connectivity index (χ1n) is 7.42. The van der Waals surface area contributed by atoms with Crippen molar-refractivity contribution >= 4 is 23.2 Å². The van der Waals surface area contributed by atoms with E-state index in [-0.39, 0.29) is 18.2 Å². The summed E-state index contributed by atoms with van der Waals surface area (Å²) in [5.74, 6) is -0.955. The summed E-state index contributed by atoms with van der Waals surface area (Å²) < 4.78 is 13.3. The molecule has 118 valence electrons. The lowest BCUT2D eigenvalue weighted by atomic mass is 10.1. The second-order valence-electron chi connectivity index (χ2n) is 5.70. The molecule has 0 unspecified atom stereocenters. The highest BCUT2D eigenvalue weighted by molar-refractivity contribution is 6.23. The third-order valence-electron chi connectivity index (χ3n) is 4.13. The van der Waals surface area contributed by atoms with E-state index in [4.69, 9.17) is 0 Å². The predicted octanol–water partition coefficient (Wildman–Crippen LogP) is 3.19. The fourth-order valence-electron chi connectivity index (χ4n) is 2.76. The van der Waals surface area contributed by atoms with Gasteiger partial charge in [-0.3, -0.25) is 9.59 Å². The van der Waals surface area contributed by atoms with E-state index in [2.05, 4.69) is 5.32 Å². The second-order valence-corrected chi connectivity index (χ2v) is 5.70. The number of carbonyl (C=O) groups excluding carboxylic acids is 2. The fraction of sp³-hybridized carbons (Fsp3) is 0.222. The molecule has 2 aromatic carbocycles. The molecule has 0 saturated carbocycles. The summed E-state index contributed by atoms with van der Waals surface area (Å²) in [5, 5.41) is 2.94. The van der Waals surface area contributed by atoms with Crippen LogP contribution in [0.3, 0.4) is 0 Å². The number of halogens is 1. The molecule has 0 radical (unpaired) electrons. The molecule has 1 aliphatic rings. The zero-order chi connectivity index (χ0) is 16.6. The van der Waals surface area contributed by atoms with Gasteiger partial charge in [0.05, 0.1) is 12.1 Å². The lowest BCUT2D eigenvalue weighted by Crippen LogP contribution is -2.35. The van der Waals surface area contributed by atoms with Crippen molar-refractivity contribution in [1.29, 1.82) is 0 Å². The number of nitrogens with one attached hydrogen (secondary N) is 1.